The van der Waals surface area contributed by atoms with Crippen LogP contribution in [-0.4, -0.2) is 54.7 Å². The lowest BCUT2D eigenvalue weighted by atomic mass is 10.0. The van der Waals surface area contributed by atoms with Gasteiger partial charge >= 0.3 is 0 Å². The highest BCUT2D eigenvalue weighted by atomic mass is 19.1. The Kier molecular flexibility index (Phi) is 4.67. The Bertz CT molecular complexity index is 795. The van der Waals surface area contributed by atoms with Crippen molar-refractivity contribution in [2.24, 2.45) is 0 Å². The fourth-order valence-electron chi connectivity index (χ4n) is 4.80. The molecule has 0 radical (unpaired) electrons. The van der Waals surface area contributed by atoms with Crippen LogP contribution in [0.2, 0.25) is 0 Å². The van der Waals surface area contributed by atoms with E-state index in [1.807, 2.05) is 0 Å². The van der Waals surface area contributed by atoms with Crippen molar-refractivity contribution < 1.29 is 32.9 Å². The van der Waals surface area contributed by atoms with Crippen molar-refractivity contribution in [3.8, 4) is 0 Å². The van der Waals surface area contributed by atoms with E-state index in [0.29, 0.717) is 6.61 Å². The van der Waals surface area contributed by atoms with Gasteiger partial charge in [0.2, 0.25) is 0 Å². The number of halogens is 1. The summed E-state index contributed by atoms with van der Waals surface area (Å²) in [4.78, 5) is 12.8. The molecule has 1 aromatic rings. The molecule has 3 heterocycles. The first-order valence-corrected chi connectivity index (χ1v) is 10.2. The molecule has 5 rings (SSSR count). The van der Waals surface area contributed by atoms with Gasteiger partial charge in [-0.25, -0.2) is 4.39 Å². The summed E-state index contributed by atoms with van der Waals surface area (Å²) in [7, 11) is 0. The van der Waals surface area contributed by atoms with E-state index in [0.717, 1.165) is 25.7 Å². The van der Waals surface area contributed by atoms with Gasteiger partial charge in [-0.15, -0.1) is 0 Å². The summed E-state index contributed by atoms with van der Waals surface area (Å²) in [6.45, 7) is 4.00. The smallest absolute Gasteiger partial charge is 0.251 e. The predicted octanol–water partition coefficient (Wildman–Crippen LogP) is 2.49. The minimum absolute atomic E-state index is 0.237. The molecule has 1 spiro atoms. The maximum atomic E-state index is 13.6. The Morgan fingerprint density at radius 1 is 1.14 bits per heavy atom. The van der Waals surface area contributed by atoms with Gasteiger partial charge in [0, 0.05) is 18.4 Å². The number of hydrogen-bond acceptors (Lipinski definition) is 6. The number of carbonyl (C=O) groups is 1. The summed E-state index contributed by atoms with van der Waals surface area (Å²) in [5.74, 6) is -2.22. The molecule has 4 aliphatic rings. The average molecular weight is 407 g/mol. The van der Waals surface area contributed by atoms with Gasteiger partial charge in [-0.05, 0) is 44.9 Å². The van der Waals surface area contributed by atoms with E-state index in [9.17, 15) is 9.18 Å². The van der Waals surface area contributed by atoms with Crippen LogP contribution in [0.4, 0.5) is 4.39 Å². The third-order valence-corrected chi connectivity index (χ3v) is 6.08. The zero-order valence-corrected chi connectivity index (χ0v) is 16.6. The van der Waals surface area contributed by atoms with Gasteiger partial charge in [0.25, 0.3) is 5.91 Å². The van der Waals surface area contributed by atoms with Crippen molar-refractivity contribution in [1.29, 1.82) is 0 Å². The summed E-state index contributed by atoms with van der Waals surface area (Å²) < 4.78 is 43.9. The molecule has 3 aliphatic heterocycles. The number of benzene rings is 1. The van der Waals surface area contributed by atoms with E-state index in [-0.39, 0.29) is 11.7 Å². The fraction of sp³-hybridized carbons (Fsp3) is 0.667. The van der Waals surface area contributed by atoms with Crippen molar-refractivity contribution in [2.45, 2.75) is 81.7 Å². The third-order valence-electron chi connectivity index (χ3n) is 6.08. The van der Waals surface area contributed by atoms with E-state index >= 15 is 0 Å². The van der Waals surface area contributed by atoms with Gasteiger partial charge in [0.05, 0.1) is 12.6 Å². The first-order chi connectivity index (χ1) is 13.8. The Labute approximate surface area is 168 Å². The van der Waals surface area contributed by atoms with Crippen LogP contribution in [0.1, 0.15) is 49.9 Å². The summed E-state index contributed by atoms with van der Waals surface area (Å²) in [5, 5.41) is 2.97. The molecule has 0 unspecified atom stereocenters. The van der Waals surface area contributed by atoms with E-state index < -0.39 is 47.8 Å². The van der Waals surface area contributed by atoms with Crippen LogP contribution in [-0.2, 0) is 23.7 Å². The Balaban J connectivity index is 1.37. The van der Waals surface area contributed by atoms with Gasteiger partial charge in [0.1, 0.15) is 24.1 Å². The second-order valence-electron chi connectivity index (χ2n) is 8.66. The molecule has 1 saturated carbocycles. The molecule has 1 N–H and O–H groups in total. The Morgan fingerprint density at radius 3 is 2.69 bits per heavy atom. The van der Waals surface area contributed by atoms with Crippen LogP contribution >= 0.6 is 0 Å². The number of amides is 1. The zero-order chi connectivity index (χ0) is 20.2. The molecule has 158 valence electrons. The van der Waals surface area contributed by atoms with Gasteiger partial charge in [-0.2, -0.15) is 0 Å². The van der Waals surface area contributed by atoms with Crippen LogP contribution in [0.5, 0.6) is 0 Å². The number of ether oxygens (including phenoxy) is 5. The summed E-state index contributed by atoms with van der Waals surface area (Å²) in [6.07, 6.45) is 1.94. The first-order valence-electron chi connectivity index (χ1n) is 10.2. The zero-order valence-electron chi connectivity index (χ0n) is 16.6. The van der Waals surface area contributed by atoms with Gasteiger partial charge in [-0.1, -0.05) is 6.07 Å². The van der Waals surface area contributed by atoms with Gasteiger partial charge in [0.15, 0.2) is 17.9 Å². The monoisotopic (exact) mass is 407 g/mol. The summed E-state index contributed by atoms with van der Waals surface area (Å²) in [5.41, 5.74) is 0.237. The SMILES string of the molecule is CC1(C)O[C@H]2O[C@H]([C@H]3COC4(CCCC4)O3)[C@H](NC(=O)c3cccc(F)c3)[C@H]2O1. The molecule has 1 aromatic carbocycles. The minimum Gasteiger partial charge on any atom is -0.347 e. The highest BCUT2D eigenvalue weighted by Gasteiger charge is 2.59. The molecule has 7 nitrogen and oxygen atoms in total. The highest BCUT2D eigenvalue weighted by molar-refractivity contribution is 5.94. The molecular weight excluding hydrogens is 381 g/mol. The number of fused-ring (bicyclic) bond motifs is 1. The molecule has 29 heavy (non-hydrogen) atoms. The van der Waals surface area contributed by atoms with Crippen molar-refractivity contribution >= 4 is 5.91 Å². The standard InChI is InChI=1S/C21H26FNO6/c1-20(2)28-17-15(23-18(24)12-6-5-7-13(22)10-12)16(26-19(17)29-20)14-11-25-21(27-14)8-3-4-9-21/h5-7,10,14-17,19H,3-4,8-9,11H2,1-2H3,(H,23,24)/t14-,15+,16-,17-,19-/m1/s1. The molecule has 5 atom stereocenters. The van der Waals surface area contributed by atoms with Crippen molar-refractivity contribution in [1.82, 2.24) is 5.32 Å². The molecule has 0 bridgehead atoms. The Morgan fingerprint density at radius 2 is 1.93 bits per heavy atom. The highest BCUT2D eigenvalue weighted by Crippen LogP contribution is 2.44. The van der Waals surface area contributed by atoms with Gasteiger partial charge in [-0.3, -0.25) is 4.79 Å². The number of nitrogens with one attached hydrogen (secondary N) is 1. The largest absolute Gasteiger partial charge is 0.347 e. The third kappa shape index (κ3) is 3.57. The van der Waals surface area contributed by atoms with Crippen molar-refractivity contribution in [3.63, 3.8) is 0 Å². The molecule has 1 amide bonds. The van der Waals surface area contributed by atoms with Gasteiger partial charge < -0.3 is 29.0 Å². The second kappa shape index (κ2) is 6.99. The summed E-state index contributed by atoms with van der Waals surface area (Å²) >= 11 is 0. The fourth-order valence-corrected chi connectivity index (χ4v) is 4.80. The average Bonchev–Trinajstić information content (AvgIpc) is 3.42. The van der Waals surface area contributed by atoms with Crippen LogP contribution in [0, 0.1) is 5.82 Å². The molecule has 1 aliphatic carbocycles. The topological polar surface area (TPSA) is 75.3 Å². The van der Waals surface area contributed by atoms with E-state index in [1.165, 1.54) is 18.2 Å². The van der Waals surface area contributed by atoms with Crippen molar-refractivity contribution in [2.75, 3.05) is 6.61 Å². The van der Waals surface area contributed by atoms with Crippen LogP contribution in [0.15, 0.2) is 24.3 Å². The maximum Gasteiger partial charge on any atom is 0.251 e. The minimum atomic E-state index is -0.818. The number of rotatable bonds is 3. The van der Waals surface area contributed by atoms with Crippen LogP contribution in [0.25, 0.3) is 0 Å². The van der Waals surface area contributed by atoms with E-state index in [4.69, 9.17) is 23.7 Å². The summed E-state index contributed by atoms with van der Waals surface area (Å²) in [6, 6.07) is 5.07. The maximum absolute atomic E-state index is 13.6. The van der Waals surface area contributed by atoms with Crippen LogP contribution < -0.4 is 5.32 Å². The lowest BCUT2D eigenvalue weighted by Gasteiger charge is -2.30. The molecule has 3 saturated heterocycles. The normalized spacial score (nSPS) is 37.1. The lowest BCUT2D eigenvalue weighted by Crippen LogP contribution is -2.52. The quantitative estimate of drug-likeness (QED) is 0.830. The van der Waals surface area contributed by atoms with Crippen molar-refractivity contribution in [3.05, 3.63) is 35.6 Å². The second-order valence-corrected chi connectivity index (χ2v) is 8.66. The Hall–Kier alpha value is -1.58. The first kappa shape index (κ1) is 19.4. The number of hydrogen-bond donors (Lipinski definition) is 1. The molecule has 4 fully saturated rings. The van der Waals surface area contributed by atoms with E-state index in [1.54, 1.807) is 19.9 Å². The lowest BCUT2D eigenvalue weighted by molar-refractivity contribution is -0.226. The molecule has 8 heteroatoms. The predicted molar refractivity (Wildman–Crippen MR) is 98.4 cm³/mol. The molecular formula is C21H26FNO6. The van der Waals surface area contributed by atoms with E-state index in [2.05, 4.69) is 5.32 Å². The molecule has 0 aromatic heterocycles. The number of carbonyl (C=O) groups excluding carboxylic acids is 1. The van der Waals surface area contributed by atoms with Crippen LogP contribution in [0.3, 0.4) is 0 Å².